The van der Waals surface area contributed by atoms with E-state index in [1.807, 2.05) is 17.0 Å². The van der Waals surface area contributed by atoms with Gasteiger partial charge in [0.15, 0.2) is 5.96 Å². The van der Waals surface area contributed by atoms with Gasteiger partial charge in [-0.25, -0.2) is 0 Å². The number of hydrogen-bond donors (Lipinski definition) is 2. The molecule has 0 radical (unpaired) electrons. The number of rotatable bonds is 5. The van der Waals surface area contributed by atoms with E-state index in [0.717, 1.165) is 44.1 Å². The van der Waals surface area contributed by atoms with Gasteiger partial charge < -0.3 is 20.0 Å². The van der Waals surface area contributed by atoms with Crippen molar-refractivity contribution in [3.8, 4) is 0 Å². The molecule has 2 heterocycles. The highest BCUT2D eigenvalue weighted by atomic mass is 16.3. The Morgan fingerprint density at radius 3 is 2.46 bits per heavy atom. The third-order valence-corrected chi connectivity index (χ3v) is 5.44. The lowest BCUT2D eigenvalue weighted by Crippen LogP contribution is -2.51. The number of guanidine groups is 1. The van der Waals surface area contributed by atoms with Gasteiger partial charge in [0, 0.05) is 45.1 Å². The van der Waals surface area contributed by atoms with Gasteiger partial charge in [0.1, 0.15) is 5.76 Å². The highest BCUT2D eigenvalue weighted by molar-refractivity contribution is 5.80. The zero-order chi connectivity index (χ0) is 18.2. The van der Waals surface area contributed by atoms with Crippen LogP contribution in [0.4, 0.5) is 0 Å². The first kappa shape index (κ1) is 18.8. The maximum atomic E-state index is 11.5. The van der Waals surface area contributed by atoms with Gasteiger partial charge in [0.25, 0.3) is 0 Å². The van der Waals surface area contributed by atoms with Crippen molar-refractivity contribution in [1.82, 2.24) is 15.5 Å². The molecule has 2 aliphatic rings. The summed E-state index contributed by atoms with van der Waals surface area (Å²) in [5.74, 6) is 2.07. The van der Waals surface area contributed by atoms with Crippen LogP contribution in [0.25, 0.3) is 0 Å². The Morgan fingerprint density at radius 2 is 1.85 bits per heavy atom. The Labute approximate surface area is 156 Å². The van der Waals surface area contributed by atoms with E-state index < -0.39 is 0 Å². The minimum Gasteiger partial charge on any atom is -0.469 e. The van der Waals surface area contributed by atoms with Crippen LogP contribution in [0.1, 0.15) is 57.6 Å². The summed E-state index contributed by atoms with van der Waals surface area (Å²) in [6.07, 6.45) is 10.9. The second-order valence-electron chi connectivity index (χ2n) is 7.46. The van der Waals surface area contributed by atoms with Crippen LogP contribution in [0.2, 0.25) is 0 Å². The number of nitrogens with one attached hydrogen (secondary N) is 2. The van der Waals surface area contributed by atoms with Gasteiger partial charge in [-0.3, -0.25) is 9.79 Å². The van der Waals surface area contributed by atoms with Crippen molar-refractivity contribution in [3.05, 3.63) is 24.2 Å². The van der Waals surface area contributed by atoms with Gasteiger partial charge in [0.05, 0.1) is 6.26 Å². The Kier molecular flexibility index (Phi) is 6.97. The summed E-state index contributed by atoms with van der Waals surface area (Å²) < 4.78 is 5.40. The van der Waals surface area contributed by atoms with Gasteiger partial charge in [-0.05, 0) is 37.8 Å². The number of piperidine rings is 1. The van der Waals surface area contributed by atoms with E-state index in [-0.39, 0.29) is 5.91 Å². The van der Waals surface area contributed by atoms with Gasteiger partial charge in [-0.2, -0.15) is 0 Å². The van der Waals surface area contributed by atoms with Gasteiger partial charge in [-0.15, -0.1) is 0 Å². The van der Waals surface area contributed by atoms with Gasteiger partial charge in [0.2, 0.25) is 5.91 Å². The highest BCUT2D eigenvalue weighted by Gasteiger charge is 2.22. The smallest absolute Gasteiger partial charge is 0.219 e. The molecule has 2 fully saturated rings. The van der Waals surface area contributed by atoms with E-state index in [9.17, 15) is 4.79 Å². The summed E-state index contributed by atoms with van der Waals surface area (Å²) in [6, 6.07) is 4.82. The maximum Gasteiger partial charge on any atom is 0.219 e. The number of aliphatic imine (C=N–C) groups is 1. The van der Waals surface area contributed by atoms with E-state index in [1.165, 1.54) is 32.1 Å². The third-order valence-electron chi connectivity index (χ3n) is 5.44. The fourth-order valence-electron chi connectivity index (χ4n) is 3.84. The maximum absolute atomic E-state index is 11.5. The minimum absolute atomic E-state index is 0.177. The summed E-state index contributed by atoms with van der Waals surface area (Å²) in [5.41, 5.74) is 0. The topological polar surface area (TPSA) is 69.9 Å². The van der Waals surface area contributed by atoms with Crippen molar-refractivity contribution in [2.24, 2.45) is 4.99 Å². The molecule has 6 heteroatoms. The molecule has 6 nitrogen and oxygen atoms in total. The summed E-state index contributed by atoms with van der Waals surface area (Å²) in [4.78, 5) is 18.2. The summed E-state index contributed by atoms with van der Waals surface area (Å²) >= 11 is 0. The lowest BCUT2D eigenvalue weighted by atomic mass is 9.95. The van der Waals surface area contributed by atoms with Crippen LogP contribution in [-0.2, 0) is 11.2 Å². The monoisotopic (exact) mass is 360 g/mol. The van der Waals surface area contributed by atoms with Gasteiger partial charge in [-0.1, -0.05) is 19.3 Å². The highest BCUT2D eigenvalue weighted by Crippen LogP contribution is 2.17. The fourth-order valence-corrected chi connectivity index (χ4v) is 3.84. The van der Waals surface area contributed by atoms with Gasteiger partial charge >= 0.3 is 0 Å². The third kappa shape index (κ3) is 5.78. The molecule has 144 valence electrons. The molecular formula is C20H32N4O2. The molecule has 26 heavy (non-hydrogen) atoms. The molecule has 0 bridgehead atoms. The van der Waals surface area contributed by atoms with Crippen LogP contribution >= 0.6 is 0 Å². The molecule has 1 aliphatic carbocycles. The Morgan fingerprint density at radius 1 is 1.15 bits per heavy atom. The number of amides is 1. The molecule has 1 saturated carbocycles. The quantitative estimate of drug-likeness (QED) is 0.626. The number of furan rings is 1. The van der Waals surface area contributed by atoms with E-state index in [0.29, 0.717) is 18.6 Å². The van der Waals surface area contributed by atoms with Crippen molar-refractivity contribution in [1.29, 1.82) is 0 Å². The predicted octanol–water partition coefficient (Wildman–Crippen LogP) is 2.70. The first-order chi connectivity index (χ1) is 12.7. The Bertz CT molecular complexity index is 571. The second kappa shape index (κ2) is 9.64. The first-order valence-corrected chi connectivity index (χ1v) is 10.1. The summed E-state index contributed by atoms with van der Waals surface area (Å²) in [6.45, 7) is 4.02. The predicted molar refractivity (Wildman–Crippen MR) is 103 cm³/mol. The van der Waals surface area contributed by atoms with E-state index in [2.05, 4.69) is 10.6 Å². The number of carbonyl (C=O) groups excluding carboxylic acids is 1. The molecule has 0 aromatic carbocycles. The molecule has 0 atom stereocenters. The Balaban J connectivity index is 1.54. The SMILES string of the molecule is CC(=O)N1CCC(NC(=NCCc2ccco2)NC2CCCCC2)CC1. The molecule has 0 unspecified atom stereocenters. The zero-order valence-electron chi connectivity index (χ0n) is 15.9. The molecule has 1 aliphatic heterocycles. The molecule has 3 rings (SSSR count). The normalized spacial score (nSPS) is 20.2. The number of hydrogen-bond acceptors (Lipinski definition) is 3. The minimum atomic E-state index is 0.177. The Hall–Kier alpha value is -1.98. The molecule has 2 N–H and O–H groups in total. The second-order valence-corrected chi connectivity index (χ2v) is 7.46. The number of likely N-dealkylation sites (tertiary alicyclic amines) is 1. The van der Waals surface area contributed by atoms with Crippen molar-refractivity contribution in [2.45, 2.75) is 70.4 Å². The molecule has 1 amide bonds. The molecule has 0 spiro atoms. The van der Waals surface area contributed by atoms with E-state index in [4.69, 9.17) is 9.41 Å². The van der Waals surface area contributed by atoms with Crippen molar-refractivity contribution in [2.75, 3.05) is 19.6 Å². The van der Waals surface area contributed by atoms with Crippen LogP contribution in [0, 0.1) is 0 Å². The molecular weight excluding hydrogens is 328 g/mol. The lowest BCUT2D eigenvalue weighted by Gasteiger charge is -2.33. The zero-order valence-corrected chi connectivity index (χ0v) is 15.9. The van der Waals surface area contributed by atoms with E-state index >= 15 is 0 Å². The first-order valence-electron chi connectivity index (χ1n) is 10.1. The number of nitrogens with zero attached hydrogens (tertiary/aromatic N) is 2. The fraction of sp³-hybridized carbons (Fsp3) is 0.700. The van der Waals surface area contributed by atoms with Crippen LogP contribution in [0.5, 0.6) is 0 Å². The molecule has 1 aromatic heterocycles. The van der Waals surface area contributed by atoms with Crippen LogP contribution in [0.3, 0.4) is 0 Å². The average Bonchev–Trinajstić information content (AvgIpc) is 3.16. The van der Waals surface area contributed by atoms with Crippen LogP contribution in [0.15, 0.2) is 27.8 Å². The van der Waals surface area contributed by atoms with Crippen molar-refractivity contribution in [3.63, 3.8) is 0 Å². The van der Waals surface area contributed by atoms with Crippen LogP contribution in [-0.4, -0.2) is 48.5 Å². The summed E-state index contributed by atoms with van der Waals surface area (Å²) in [7, 11) is 0. The lowest BCUT2D eigenvalue weighted by molar-refractivity contribution is -0.129. The van der Waals surface area contributed by atoms with Crippen LogP contribution < -0.4 is 10.6 Å². The van der Waals surface area contributed by atoms with Crippen molar-refractivity contribution >= 4 is 11.9 Å². The van der Waals surface area contributed by atoms with Crippen molar-refractivity contribution < 1.29 is 9.21 Å². The number of carbonyl (C=O) groups is 1. The molecule has 1 saturated heterocycles. The average molecular weight is 361 g/mol. The summed E-state index contributed by atoms with van der Waals surface area (Å²) in [5, 5.41) is 7.26. The largest absolute Gasteiger partial charge is 0.469 e. The molecule has 1 aromatic rings. The standard InChI is InChI=1S/C20H32N4O2/c1-16(25)24-13-10-18(11-14-24)23-20(22-17-6-3-2-4-7-17)21-12-9-19-8-5-15-26-19/h5,8,15,17-18H,2-4,6-7,9-14H2,1H3,(H2,21,22,23). The van der Waals surface area contributed by atoms with E-state index in [1.54, 1.807) is 13.2 Å².